The van der Waals surface area contributed by atoms with Crippen LogP contribution in [-0.2, 0) is 16.6 Å². The van der Waals surface area contributed by atoms with Crippen LogP contribution in [0.3, 0.4) is 0 Å². The van der Waals surface area contributed by atoms with E-state index in [9.17, 15) is 12.8 Å². The fourth-order valence-electron chi connectivity index (χ4n) is 1.80. The third-order valence-electron chi connectivity index (χ3n) is 2.92. The highest BCUT2D eigenvalue weighted by molar-refractivity contribution is 7.89. The predicted octanol–water partition coefficient (Wildman–Crippen LogP) is 1.26. The van der Waals surface area contributed by atoms with Gasteiger partial charge in [-0.3, -0.25) is 5.10 Å². The Morgan fingerprint density at radius 3 is 2.70 bits per heavy atom. The highest BCUT2D eigenvalue weighted by Gasteiger charge is 2.23. The Morgan fingerprint density at radius 1 is 1.45 bits per heavy atom. The Bertz CT molecular complexity index is 690. The molecule has 0 aliphatic rings. The number of aryl methyl sites for hydroxylation is 1. The lowest BCUT2D eigenvalue weighted by Crippen LogP contribution is -2.26. The maximum absolute atomic E-state index is 13.5. The molecule has 1 aromatic carbocycles. The SMILES string of the molecule is Cc1cc(S(=O)(=O)N(C)Cc2cn[nH]c2)cc(N)c1F. The van der Waals surface area contributed by atoms with Crippen molar-refractivity contribution in [3.63, 3.8) is 0 Å². The third kappa shape index (κ3) is 2.66. The number of nitrogens with one attached hydrogen (secondary N) is 1. The van der Waals surface area contributed by atoms with Crippen molar-refractivity contribution in [2.24, 2.45) is 0 Å². The van der Waals surface area contributed by atoms with Crippen LogP contribution in [0.4, 0.5) is 10.1 Å². The Hall–Kier alpha value is -1.93. The second-order valence-electron chi connectivity index (χ2n) is 4.51. The summed E-state index contributed by atoms with van der Waals surface area (Å²) in [5.74, 6) is -0.596. The molecule has 0 aliphatic carbocycles. The maximum Gasteiger partial charge on any atom is 0.243 e. The number of sulfonamides is 1. The Morgan fingerprint density at radius 2 is 2.15 bits per heavy atom. The normalized spacial score (nSPS) is 12.0. The van der Waals surface area contributed by atoms with E-state index in [1.54, 1.807) is 6.20 Å². The van der Waals surface area contributed by atoms with E-state index in [0.717, 1.165) is 15.9 Å². The molecule has 0 aliphatic heterocycles. The quantitative estimate of drug-likeness (QED) is 0.831. The largest absolute Gasteiger partial charge is 0.396 e. The standard InChI is InChI=1S/C12H15FN4O2S/c1-8-3-10(4-11(14)12(8)13)20(18,19)17(2)7-9-5-15-16-6-9/h3-6H,7,14H2,1-2H3,(H,15,16). The summed E-state index contributed by atoms with van der Waals surface area (Å²) in [6.07, 6.45) is 3.15. The number of aromatic nitrogens is 2. The summed E-state index contributed by atoms with van der Waals surface area (Å²) in [5, 5.41) is 6.36. The number of halogens is 1. The van der Waals surface area contributed by atoms with Crippen LogP contribution in [0.15, 0.2) is 29.4 Å². The average molecular weight is 298 g/mol. The number of aromatic amines is 1. The number of hydrogen-bond acceptors (Lipinski definition) is 4. The molecule has 2 aromatic rings. The van der Waals surface area contributed by atoms with Gasteiger partial charge in [0.2, 0.25) is 10.0 Å². The second kappa shape index (κ2) is 5.22. The molecule has 0 spiro atoms. The van der Waals surface area contributed by atoms with Crippen LogP contribution in [0.5, 0.6) is 0 Å². The van der Waals surface area contributed by atoms with Gasteiger partial charge in [-0.1, -0.05) is 0 Å². The Kier molecular flexibility index (Phi) is 3.78. The molecule has 2 rings (SSSR count). The first-order valence-corrected chi connectivity index (χ1v) is 7.26. The van der Waals surface area contributed by atoms with Crippen molar-refractivity contribution in [1.82, 2.24) is 14.5 Å². The second-order valence-corrected chi connectivity index (χ2v) is 6.56. The molecular formula is C12H15FN4O2S. The van der Waals surface area contributed by atoms with Crippen molar-refractivity contribution in [2.75, 3.05) is 12.8 Å². The molecule has 8 heteroatoms. The summed E-state index contributed by atoms with van der Waals surface area (Å²) in [6.45, 7) is 1.63. The van der Waals surface area contributed by atoms with E-state index in [1.807, 2.05) is 0 Å². The fraction of sp³-hybridized carbons (Fsp3) is 0.250. The third-order valence-corrected chi connectivity index (χ3v) is 4.71. The van der Waals surface area contributed by atoms with Crippen molar-refractivity contribution < 1.29 is 12.8 Å². The molecule has 0 bridgehead atoms. The number of benzene rings is 1. The van der Waals surface area contributed by atoms with Gasteiger partial charge < -0.3 is 5.73 Å². The summed E-state index contributed by atoms with van der Waals surface area (Å²) in [6, 6.07) is 2.40. The number of nitrogens with zero attached hydrogens (tertiary/aromatic N) is 2. The summed E-state index contributed by atoms with van der Waals surface area (Å²) in [4.78, 5) is -0.0279. The van der Waals surface area contributed by atoms with Crippen molar-refractivity contribution in [3.8, 4) is 0 Å². The van der Waals surface area contributed by atoms with E-state index < -0.39 is 15.8 Å². The monoisotopic (exact) mass is 298 g/mol. The number of rotatable bonds is 4. The molecule has 3 N–H and O–H groups in total. The lowest BCUT2D eigenvalue weighted by molar-refractivity contribution is 0.466. The van der Waals surface area contributed by atoms with Gasteiger partial charge in [0, 0.05) is 25.4 Å². The van der Waals surface area contributed by atoms with Crippen LogP contribution in [0.2, 0.25) is 0 Å². The lowest BCUT2D eigenvalue weighted by atomic mass is 10.2. The van der Waals surface area contributed by atoms with Crippen molar-refractivity contribution in [3.05, 3.63) is 41.5 Å². The van der Waals surface area contributed by atoms with Crippen molar-refractivity contribution >= 4 is 15.7 Å². The van der Waals surface area contributed by atoms with Gasteiger partial charge in [0.15, 0.2) is 0 Å². The van der Waals surface area contributed by atoms with Gasteiger partial charge in [-0.05, 0) is 24.6 Å². The van der Waals surface area contributed by atoms with Crippen molar-refractivity contribution in [1.29, 1.82) is 0 Å². The van der Waals surface area contributed by atoms with Crippen LogP contribution in [-0.4, -0.2) is 30.0 Å². The molecule has 108 valence electrons. The molecule has 0 fully saturated rings. The first-order valence-electron chi connectivity index (χ1n) is 5.82. The lowest BCUT2D eigenvalue weighted by Gasteiger charge is -2.17. The molecule has 1 heterocycles. The van der Waals surface area contributed by atoms with Crippen LogP contribution in [0.25, 0.3) is 0 Å². The minimum atomic E-state index is -3.73. The van der Waals surface area contributed by atoms with Gasteiger partial charge in [0.05, 0.1) is 16.8 Å². The number of nitrogens with two attached hydrogens (primary N) is 1. The molecule has 0 unspecified atom stereocenters. The van der Waals surface area contributed by atoms with E-state index in [-0.39, 0.29) is 22.7 Å². The number of hydrogen-bond donors (Lipinski definition) is 2. The minimum Gasteiger partial charge on any atom is -0.396 e. The molecule has 0 radical (unpaired) electrons. The molecular weight excluding hydrogens is 283 g/mol. The van der Waals surface area contributed by atoms with Gasteiger partial charge in [-0.15, -0.1) is 0 Å². The number of H-pyrrole nitrogens is 1. The molecule has 6 nitrogen and oxygen atoms in total. The van der Waals surface area contributed by atoms with Crippen LogP contribution in [0, 0.1) is 12.7 Å². The zero-order valence-electron chi connectivity index (χ0n) is 11.1. The van der Waals surface area contributed by atoms with E-state index in [2.05, 4.69) is 10.2 Å². The summed E-state index contributed by atoms with van der Waals surface area (Å²) >= 11 is 0. The van der Waals surface area contributed by atoms with Gasteiger partial charge in [-0.25, -0.2) is 12.8 Å². The van der Waals surface area contributed by atoms with E-state index in [1.165, 1.54) is 26.2 Å². The van der Waals surface area contributed by atoms with Crippen LogP contribution < -0.4 is 5.73 Å². The van der Waals surface area contributed by atoms with Gasteiger partial charge in [-0.2, -0.15) is 9.40 Å². The zero-order valence-corrected chi connectivity index (χ0v) is 11.9. The van der Waals surface area contributed by atoms with Gasteiger partial charge >= 0.3 is 0 Å². The smallest absolute Gasteiger partial charge is 0.243 e. The average Bonchev–Trinajstić information content (AvgIpc) is 2.88. The molecule has 0 amide bonds. The van der Waals surface area contributed by atoms with E-state index in [4.69, 9.17) is 5.73 Å². The van der Waals surface area contributed by atoms with Crippen molar-refractivity contribution in [2.45, 2.75) is 18.4 Å². The first kappa shape index (κ1) is 14.5. The Balaban J connectivity index is 2.35. The molecule has 1 aromatic heterocycles. The molecule has 0 atom stereocenters. The minimum absolute atomic E-state index is 0.0279. The van der Waals surface area contributed by atoms with Crippen LogP contribution >= 0.6 is 0 Å². The molecule has 0 saturated heterocycles. The van der Waals surface area contributed by atoms with Gasteiger partial charge in [0.25, 0.3) is 0 Å². The van der Waals surface area contributed by atoms with E-state index >= 15 is 0 Å². The van der Waals surface area contributed by atoms with E-state index in [0.29, 0.717) is 0 Å². The Labute approximate surface area is 116 Å². The summed E-state index contributed by atoms with van der Waals surface area (Å²) in [5.41, 5.74) is 6.22. The highest BCUT2D eigenvalue weighted by atomic mass is 32.2. The molecule has 0 saturated carbocycles. The number of nitrogen functional groups attached to an aromatic ring is 1. The van der Waals surface area contributed by atoms with Gasteiger partial charge in [0.1, 0.15) is 5.82 Å². The first-order chi connectivity index (χ1) is 9.32. The number of anilines is 1. The zero-order chi connectivity index (χ0) is 14.9. The van der Waals surface area contributed by atoms with Crippen LogP contribution in [0.1, 0.15) is 11.1 Å². The molecule has 20 heavy (non-hydrogen) atoms. The predicted molar refractivity (Wildman–Crippen MR) is 72.8 cm³/mol. The topological polar surface area (TPSA) is 92.1 Å². The summed E-state index contributed by atoms with van der Waals surface area (Å²) < 4.78 is 39.4. The highest BCUT2D eigenvalue weighted by Crippen LogP contribution is 2.23. The maximum atomic E-state index is 13.5. The summed E-state index contributed by atoms with van der Waals surface area (Å²) in [7, 11) is -2.29. The fourth-order valence-corrected chi connectivity index (χ4v) is 3.08.